The molecule has 0 aliphatic heterocycles. The Morgan fingerprint density at radius 3 is 2.14 bits per heavy atom. The third-order valence-electron chi connectivity index (χ3n) is 3.47. The first-order valence-corrected chi connectivity index (χ1v) is 6.98. The Morgan fingerprint density at radius 2 is 1.48 bits per heavy atom. The van der Waals surface area contributed by atoms with Crippen LogP contribution in [-0.4, -0.2) is 19.9 Å². The first-order chi connectivity index (χ1) is 10.2. The van der Waals surface area contributed by atoms with Crippen molar-refractivity contribution in [3.8, 4) is 11.5 Å². The molecule has 0 saturated carbocycles. The summed E-state index contributed by atoms with van der Waals surface area (Å²) in [7, 11) is 3.36. The average molecular weight is 283 g/mol. The summed E-state index contributed by atoms with van der Waals surface area (Å²) < 4.78 is 10.8. The SMILES string of the molecule is COc1ccccc1C(C)=NC(C)c1ccccc1OC. The number of aliphatic imine (C=N–C) groups is 1. The summed E-state index contributed by atoms with van der Waals surface area (Å²) in [4.78, 5) is 4.79. The van der Waals surface area contributed by atoms with Crippen LogP contribution in [-0.2, 0) is 0 Å². The monoisotopic (exact) mass is 283 g/mol. The van der Waals surface area contributed by atoms with E-state index in [9.17, 15) is 0 Å². The maximum absolute atomic E-state index is 5.40. The van der Waals surface area contributed by atoms with E-state index in [1.807, 2.05) is 55.5 Å². The van der Waals surface area contributed by atoms with Gasteiger partial charge in [0.1, 0.15) is 11.5 Å². The second-order valence-electron chi connectivity index (χ2n) is 4.83. The van der Waals surface area contributed by atoms with Crippen molar-refractivity contribution in [2.75, 3.05) is 14.2 Å². The minimum atomic E-state index is 0.0195. The van der Waals surface area contributed by atoms with E-state index in [-0.39, 0.29) is 6.04 Å². The van der Waals surface area contributed by atoms with E-state index >= 15 is 0 Å². The minimum absolute atomic E-state index is 0.0195. The van der Waals surface area contributed by atoms with Crippen molar-refractivity contribution < 1.29 is 9.47 Å². The topological polar surface area (TPSA) is 30.8 Å². The highest BCUT2D eigenvalue weighted by molar-refractivity contribution is 6.01. The van der Waals surface area contributed by atoms with Gasteiger partial charge in [-0.25, -0.2) is 0 Å². The lowest BCUT2D eigenvalue weighted by molar-refractivity contribution is 0.407. The molecule has 0 amide bonds. The molecule has 0 fully saturated rings. The molecule has 0 spiro atoms. The summed E-state index contributed by atoms with van der Waals surface area (Å²) in [6.07, 6.45) is 0. The summed E-state index contributed by atoms with van der Waals surface area (Å²) in [5.74, 6) is 1.70. The van der Waals surface area contributed by atoms with E-state index in [4.69, 9.17) is 14.5 Å². The molecule has 0 aliphatic carbocycles. The number of methoxy groups -OCH3 is 2. The van der Waals surface area contributed by atoms with Crippen molar-refractivity contribution in [3.63, 3.8) is 0 Å². The normalized spacial score (nSPS) is 12.9. The van der Waals surface area contributed by atoms with Crippen LogP contribution in [0.1, 0.15) is 31.0 Å². The van der Waals surface area contributed by atoms with Gasteiger partial charge in [-0.2, -0.15) is 0 Å². The number of hydrogen-bond acceptors (Lipinski definition) is 3. The largest absolute Gasteiger partial charge is 0.496 e. The van der Waals surface area contributed by atoms with Crippen LogP contribution < -0.4 is 9.47 Å². The van der Waals surface area contributed by atoms with Crippen LogP contribution in [0.3, 0.4) is 0 Å². The lowest BCUT2D eigenvalue weighted by atomic mass is 10.1. The highest BCUT2D eigenvalue weighted by Gasteiger charge is 2.11. The molecule has 0 N–H and O–H groups in total. The smallest absolute Gasteiger partial charge is 0.127 e. The van der Waals surface area contributed by atoms with Gasteiger partial charge in [0.2, 0.25) is 0 Å². The summed E-state index contributed by atoms with van der Waals surface area (Å²) in [6.45, 7) is 4.07. The third kappa shape index (κ3) is 3.43. The fraction of sp³-hybridized carbons (Fsp3) is 0.278. The molecule has 0 radical (unpaired) electrons. The van der Waals surface area contributed by atoms with Crippen LogP contribution in [0.25, 0.3) is 0 Å². The molecule has 2 rings (SSSR count). The Balaban J connectivity index is 2.34. The molecular formula is C18H21NO2. The lowest BCUT2D eigenvalue weighted by Gasteiger charge is -2.14. The molecule has 1 unspecified atom stereocenters. The molecule has 2 aromatic rings. The molecule has 0 bridgehead atoms. The zero-order valence-corrected chi connectivity index (χ0v) is 13.0. The molecular weight excluding hydrogens is 262 g/mol. The van der Waals surface area contributed by atoms with Gasteiger partial charge in [-0.15, -0.1) is 0 Å². The van der Waals surface area contributed by atoms with E-state index in [2.05, 4.69) is 6.92 Å². The van der Waals surface area contributed by atoms with Crippen LogP contribution in [0.2, 0.25) is 0 Å². The van der Waals surface area contributed by atoms with Crippen molar-refractivity contribution in [1.29, 1.82) is 0 Å². The fourth-order valence-corrected chi connectivity index (χ4v) is 2.38. The lowest BCUT2D eigenvalue weighted by Crippen LogP contribution is -2.02. The number of benzene rings is 2. The highest BCUT2D eigenvalue weighted by atomic mass is 16.5. The predicted octanol–water partition coefficient (Wildman–Crippen LogP) is 4.27. The van der Waals surface area contributed by atoms with E-state index in [0.29, 0.717) is 0 Å². The predicted molar refractivity (Wildman–Crippen MR) is 86.6 cm³/mol. The number of hydrogen-bond donors (Lipinski definition) is 0. The first-order valence-electron chi connectivity index (χ1n) is 6.98. The Labute approximate surface area is 126 Å². The maximum Gasteiger partial charge on any atom is 0.127 e. The second-order valence-corrected chi connectivity index (χ2v) is 4.83. The zero-order valence-electron chi connectivity index (χ0n) is 13.0. The minimum Gasteiger partial charge on any atom is -0.496 e. The average Bonchev–Trinajstić information content (AvgIpc) is 2.54. The third-order valence-corrected chi connectivity index (χ3v) is 3.47. The molecule has 0 heterocycles. The van der Waals surface area contributed by atoms with Crippen LogP contribution in [0.5, 0.6) is 11.5 Å². The molecule has 2 aromatic carbocycles. The van der Waals surface area contributed by atoms with Crippen LogP contribution >= 0.6 is 0 Å². The van der Waals surface area contributed by atoms with Gasteiger partial charge in [0.05, 0.1) is 20.3 Å². The molecule has 0 aliphatic rings. The maximum atomic E-state index is 5.40. The van der Waals surface area contributed by atoms with Gasteiger partial charge < -0.3 is 9.47 Å². The summed E-state index contributed by atoms with van der Waals surface area (Å²) in [6, 6.07) is 15.9. The highest BCUT2D eigenvalue weighted by Crippen LogP contribution is 2.28. The van der Waals surface area contributed by atoms with Crippen molar-refractivity contribution in [2.45, 2.75) is 19.9 Å². The van der Waals surface area contributed by atoms with Gasteiger partial charge in [0.25, 0.3) is 0 Å². The molecule has 0 aromatic heterocycles. The van der Waals surface area contributed by atoms with Crippen molar-refractivity contribution in [1.82, 2.24) is 0 Å². The van der Waals surface area contributed by atoms with Crippen molar-refractivity contribution in [2.24, 2.45) is 4.99 Å². The van der Waals surface area contributed by atoms with E-state index < -0.39 is 0 Å². The van der Waals surface area contributed by atoms with Crippen LogP contribution in [0.4, 0.5) is 0 Å². The fourth-order valence-electron chi connectivity index (χ4n) is 2.38. The van der Waals surface area contributed by atoms with E-state index in [1.165, 1.54) is 0 Å². The van der Waals surface area contributed by atoms with Gasteiger partial charge in [-0.3, -0.25) is 4.99 Å². The van der Waals surface area contributed by atoms with E-state index in [0.717, 1.165) is 28.3 Å². The molecule has 21 heavy (non-hydrogen) atoms. The van der Waals surface area contributed by atoms with Crippen LogP contribution in [0.15, 0.2) is 53.5 Å². The van der Waals surface area contributed by atoms with Gasteiger partial charge in [0, 0.05) is 16.8 Å². The number of nitrogens with zero attached hydrogens (tertiary/aromatic N) is 1. The number of para-hydroxylation sites is 2. The summed E-state index contributed by atoms with van der Waals surface area (Å²) in [5, 5.41) is 0. The molecule has 110 valence electrons. The number of rotatable bonds is 5. The number of ether oxygens (including phenoxy) is 2. The van der Waals surface area contributed by atoms with Gasteiger partial charge in [-0.1, -0.05) is 30.3 Å². The molecule has 3 heteroatoms. The summed E-state index contributed by atoms with van der Waals surface area (Å²) in [5.41, 5.74) is 3.04. The van der Waals surface area contributed by atoms with Crippen molar-refractivity contribution in [3.05, 3.63) is 59.7 Å². The molecule has 3 nitrogen and oxygen atoms in total. The van der Waals surface area contributed by atoms with Crippen molar-refractivity contribution >= 4 is 5.71 Å². The Morgan fingerprint density at radius 1 is 0.905 bits per heavy atom. The Kier molecular flexibility index (Phi) is 4.99. The van der Waals surface area contributed by atoms with Gasteiger partial charge >= 0.3 is 0 Å². The second kappa shape index (κ2) is 6.93. The zero-order chi connectivity index (χ0) is 15.2. The van der Waals surface area contributed by atoms with Gasteiger partial charge in [-0.05, 0) is 32.0 Å². The first kappa shape index (κ1) is 15.1. The van der Waals surface area contributed by atoms with Crippen LogP contribution in [0, 0.1) is 0 Å². The Hall–Kier alpha value is -2.29. The van der Waals surface area contributed by atoms with Gasteiger partial charge in [0.15, 0.2) is 0 Å². The standard InChI is InChI=1S/C18H21NO2/c1-13(15-9-5-7-11-17(15)20-3)19-14(2)16-10-6-8-12-18(16)21-4/h5-13H,1-4H3. The summed E-state index contributed by atoms with van der Waals surface area (Å²) >= 11 is 0. The quantitative estimate of drug-likeness (QED) is 0.767. The Bertz CT molecular complexity index is 635. The van der Waals surface area contributed by atoms with E-state index in [1.54, 1.807) is 14.2 Å². The molecule has 0 saturated heterocycles. The molecule has 1 atom stereocenters.